The van der Waals surface area contributed by atoms with Crippen LogP contribution in [-0.2, 0) is 29.4 Å². The monoisotopic (exact) mass is 771 g/mol. The summed E-state index contributed by atoms with van der Waals surface area (Å²) < 4.78 is 36.1. The molecular formula is C46H45NO10. The van der Waals surface area contributed by atoms with Crippen LogP contribution in [0.5, 0.6) is 28.7 Å². The van der Waals surface area contributed by atoms with Gasteiger partial charge in [0.1, 0.15) is 53.9 Å². The lowest BCUT2D eigenvalue weighted by Crippen LogP contribution is -2.48. The van der Waals surface area contributed by atoms with Crippen molar-refractivity contribution in [3.05, 3.63) is 148 Å². The second kappa shape index (κ2) is 17.8. The van der Waals surface area contributed by atoms with Gasteiger partial charge in [0.05, 0.1) is 0 Å². The van der Waals surface area contributed by atoms with Gasteiger partial charge in [-0.25, -0.2) is 9.59 Å². The maximum atomic E-state index is 14.4. The summed E-state index contributed by atoms with van der Waals surface area (Å²) in [7, 11) is 0. The SMILES string of the molecule is CC(C)[C@@H](NC(=O)OC(C)(C)C)C(=O)Oc1c(-c2ccc(OCc3ccccc3)c(OCc3ccccc3)c2)oc2cc(OCc3ccccc3)cc(O)c2c1=O. The number of phenolic OH excluding ortho intramolecular Hbond substituents is 1. The first kappa shape index (κ1) is 39.9. The van der Waals surface area contributed by atoms with Gasteiger partial charge in [-0.05, 0) is 61.6 Å². The molecule has 11 nitrogen and oxygen atoms in total. The molecule has 0 aliphatic rings. The Balaban J connectivity index is 1.44. The minimum Gasteiger partial charge on any atom is -0.507 e. The zero-order chi connectivity index (χ0) is 40.5. The molecule has 0 aliphatic carbocycles. The lowest BCUT2D eigenvalue weighted by molar-refractivity contribution is -0.138. The van der Waals surface area contributed by atoms with Gasteiger partial charge in [0, 0.05) is 17.7 Å². The number of ether oxygens (including phenoxy) is 5. The number of hydrogen-bond acceptors (Lipinski definition) is 10. The van der Waals surface area contributed by atoms with Crippen LogP contribution in [-0.4, -0.2) is 28.8 Å². The van der Waals surface area contributed by atoms with Gasteiger partial charge in [0.25, 0.3) is 0 Å². The summed E-state index contributed by atoms with van der Waals surface area (Å²) in [5.41, 5.74) is 1.33. The fraction of sp³-hybridized carbons (Fsp3) is 0.239. The molecule has 2 N–H and O–H groups in total. The van der Waals surface area contributed by atoms with Gasteiger partial charge in [0.15, 0.2) is 17.3 Å². The van der Waals surface area contributed by atoms with Crippen LogP contribution in [0.15, 0.2) is 131 Å². The number of phenols is 1. The normalized spacial score (nSPS) is 11.8. The molecule has 0 saturated heterocycles. The molecule has 0 unspecified atom stereocenters. The molecule has 1 amide bonds. The number of benzene rings is 5. The van der Waals surface area contributed by atoms with E-state index in [1.807, 2.05) is 91.0 Å². The van der Waals surface area contributed by atoms with Gasteiger partial charge in [0.2, 0.25) is 11.2 Å². The predicted molar refractivity (Wildman–Crippen MR) is 216 cm³/mol. The number of aromatic hydroxyl groups is 1. The maximum absolute atomic E-state index is 14.4. The number of carbonyl (C=O) groups excluding carboxylic acids is 2. The molecule has 0 spiro atoms. The standard InChI is InChI=1S/C46H45NO10/c1-29(2)40(47-45(51)57-46(3,4)5)44(50)56-43-41(49)39-35(48)24-34(52-26-30-15-9-6-10-16-30)25-38(39)55-42(43)33-21-22-36(53-27-31-17-11-7-12-18-31)37(23-33)54-28-32-19-13-8-14-20-32/h6-25,29,40,48H,26-28H2,1-5H3,(H,47,51)/t40-/m1/s1. The number of alkyl carbamates (subject to hydrolysis) is 1. The van der Waals surface area contributed by atoms with Crippen molar-refractivity contribution >= 4 is 23.0 Å². The molecule has 0 aliphatic heterocycles. The van der Waals surface area contributed by atoms with Crippen molar-refractivity contribution in [2.24, 2.45) is 5.92 Å². The van der Waals surface area contributed by atoms with Crippen molar-refractivity contribution in [2.75, 3.05) is 0 Å². The summed E-state index contributed by atoms with van der Waals surface area (Å²) in [6, 6.07) is 35.2. The highest BCUT2D eigenvalue weighted by Gasteiger charge is 2.32. The summed E-state index contributed by atoms with van der Waals surface area (Å²) >= 11 is 0. The molecule has 6 aromatic rings. The molecule has 0 bridgehead atoms. The van der Waals surface area contributed by atoms with Crippen LogP contribution < -0.4 is 29.7 Å². The van der Waals surface area contributed by atoms with Gasteiger partial charge in [-0.15, -0.1) is 0 Å². The van der Waals surface area contributed by atoms with E-state index in [0.717, 1.165) is 16.7 Å². The highest BCUT2D eigenvalue weighted by molar-refractivity contribution is 5.91. The van der Waals surface area contributed by atoms with Gasteiger partial charge >= 0.3 is 12.1 Å². The smallest absolute Gasteiger partial charge is 0.408 e. The van der Waals surface area contributed by atoms with E-state index >= 15 is 0 Å². The lowest BCUT2D eigenvalue weighted by atomic mass is 10.0. The van der Waals surface area contributed by atoms with Crippen LogP contribution in [0.1, 0.15) is 51.3 Å². The number of rotatable bonds is 14. The Bertz CT molecular complexity index is 2370. The Morgan fingerprint density at radius 2 is 1.26 bits per heavy atom. The number of nitrogens with one attached hydrogen (secondary N) is 1. The third-order valence-corrected chi connectivity index (χ3v) is 8.63. The van der Waals surface area contributed by atoms with Crippen LogP contribution in [0, 0.1) is 5.92 Å². The van der Waals surface area contributed by atoms with Crippen molar-refractivity contribution in [3.63, 3.8) is 0 Å². The Labute approximate surface area is 330 Å². The number of amides is 1. The molecule has 11 heteroatoms. The summed E-state index contributed by atoms with van der Waals surface area (Å²) in [5, 5.41) is 13.5. The van der Waals surface area contributed by atoms with Crippen molar-refractivity contribution in [1.29, 1.82) is 0 Å². The highest BCUT2D eigenvalue weighted by Crippen LogP contribution is 2.40. The van der Waals surface area contributed by atoms with Crippen LogP contribution in [0.25, 0.3) is 22.3 Å². The fourth-order valence-corrected chi connectivity index (χ4v) is 5.81. The Hall–Kier alpha value is -6.75. The van der Waals surface area contributed by atoms with E-state index in [0.29, 0.717) is 17.1 Å². The molecule has 294 valence electrons. The molecule has 6 rings (SSSR count). The van der Waals surface area contributed by atoms with Gasteiger partial charge in [-0.2, -0.15) is 0 Å². The van der Waals surface area contributed by atoms with Crippen LogP contribution >= 0.6 is 0 Å². The molecule has 57 heavy (non-hydrogen) atoms. The Morgan fingerprint density at radius 1 is 0.719 bits per heavy atom. The van der Waals surface area contributed by atoms with E-state index in [2.05, 4.69) is 5.32 Å². The minimum atomic E-state index is -1.22. The van der Waals surface area contributed by atoms with E-state index in [9.17, 15) is 19.5 Å². The van der Waals surface area contributed by atoms with Gasteiger partial charge < -0.3 is 38.5 Å². The van der Waals surface area contributed by atoms with E-state index in [1.54, 1.807) is 52.8 Å². The fourth-order valence-electron chi connectivity index (χ4n) is 5.81. The minimum absolute atomic E-state index is 0.0266. The average Bonchev–Trinajstić information content (AvgIpc) is 3.19. The first-order chi connectivity index (χ1) is 27.3. The summed E-state index contributed by atoms with van der Waals surface area (Å²) in [5.74, 6) is -1.55. The van der Waals surface area contributed by atoms with E-state index in [-0.39, 0.29) is 42.3 Å². The topological polar surface area (TPSA) is 143 Å². The van der Waals surface area contributed by atoms with E-state index < -0.39 is 46.6 Å². The largest absolute Gasteiger partial charge is 0.507 e. The van der Waals surface area contributed by atoms with Crippen molar-refractivity contribution in [1.82, 2.24) is 5.32 Å². The highest BCUT2D eigenvalue weighted by atomic mass is 16.6. The number of fused-ring (bicyclic) bond motifs is 1. The van der Waals surface area contributed by atoms with Crippen molar-refractivity contribution < 1.29 is 42.8 Å². The molecule has 0 fully saturated rings. The summed E-state index contributed by atoms with van der Waals surface area (Å²) in [6.45, 7) is 9.14. The van der Waals surface area contributed by atoms with E-state index in [1.165, 1.54) is 12.1 Å². The quantitative estimate of drug-likeness (QED) is 0.103. The second-order valence-corrected chi connectivity index (χ2v) is 14.7. The van der Waals surface area contributed by atoms with E-state index in [4.69, 9.17) is 28.1 Å². The third-order valence-electron chi connectivity index (χ3n) is 8.63. The maximum Gasteiger partial charge on any atom is 0.408 e. The molecule has 0 saturated carbocycles. The number of esters is 1. The predicted octanol–water partition coefficient (Wildman–Crippen LogP) is 9.36. The number of hydrogen-bond donors (Lipinski definition) is 2. The molecule has 0 radical (unpaired) electrons. The zero-order valence-corrected chi connectivity index (χ0v) is 32.4. The van der Waals surface area contributed by atoms with Crippen molar-refractivity contribution in [2.45, 2.75) is 66.1 Å². The molecule has 1 heterocycles. The first-order valence-corrected chi connectivity index (χ1v) is 18.5. The first-order valence-electron chi connectivity index (χ1n) is 18.5. The second-order valence-electron chi connectivity index (χ2n) is 14.7. The van der Waals surface area contributed by atoms with Crippen LogP contribution in [0.2, 0.25) is 0 Å². The third kappa shape index (κ3) is 10.5. The molecule has 1 atom stereocenters. The lowest BCUT2D eigenvalue weighted by Gasteiger charge is -2.24. The Morgan fingerprint density at radius 3 is 1.81 bits per heavy atom. The molecule has 1 aromatic heterocycles. The average molecular weight is 772 g/mol. The summed E-state index contributed by atoms with van der Waals surface area (Å²) in [4.78, 5) is 41.0. The van der Waals surface area contributed by atoms with Crippen LogP contribution in [0.4, 0.5) is 4.79 Å². The zero-order valence-electron chi connectivity index (χ0n) is 32.4. The summed E-state index contributed by atoms with van der Waals surface area (Å²) in [6.07, 6.45) is -0.837. The number of carbonyl (C=O) groups is 2. The van der Waals surface area contributed by atoms with Crippen molar-refractivity contribution in [3.8, 4) is 40.1 Å². The molecule has 5 aromatic carbocycles. The Kier molecular flexibility index (Phi) is 12.5. The van der Waals surface area contributed by atoms with Gasteiger partial charge in [-0.3, -0.25) is 4.79 Å². The molecular weight excluding hydrogens is 727 g/mol. The van der Waals surface area contributed by atoms with Gasteiger partial charge in [-0.1, -0.05) is 105 Å². The van der Waals surface area contributed by atoms with Crippen LogP contribution in [0.3, 0.4) is 0 Å².